The van der Waals surface area contributed by atoms with Gasteiger partial charge in [-0.3, -0.25) is 0 Å². The number of amides is 2. The number of rotatable bonds is 5. The smallest absolute Gasteiger partial charge is 0.319 e. The van der Waals surface area contributed by atoms with Gasteiger partial charge in [0.2, 0.25) is 0 Å². The first-order valence-corrected chi connectivity index (χ1v) is 7.82. The van der Waals surface area contributed by atoms with Gasteiger partial charge in [0.15, 0.2) is 0 Å². The van der Waals surface area contributed by atoms with E-state index >= 15 is 0 Å². The molecule has 0 aliphatic heterocycles. The Morgan fingerprint density at radius 3 is 2.41 bits per heavy atom. The number of carbonyl (C=O) groups excluding carboxylic acids is 1. The van der Waals surface area contributed by atoms with Crippen LogP contribution in [0.2, 0.25) is 5.02 Å². The summed E-state index contributed by atoms with van der Waals surface area (Å²) in [6.07, 6.45) is 0.708. The average Bonchev–Trinajstić information content (AvgIpc) is 2.50. The van der Waals surface area contributed by atoms with Crippen molar-refractivity contribution in [3.05, 3.63) is 64.7 Å². The lowest BCUT2D eigenvalue weighted by atomic mass is 10.0. The zero-order chi connectivity index (χ0) is 15.9. The van der Waals surface area contributed by atoms with E-state index in [4.69, 9.17) is 11.6 Å². The van der Waals surface area contributed by atoms with E-state index in [0.29, 0.717) is 18.9 Å². The van der Waals surface area contributed by atoms with Crippen molar-refractivity contribution in [3.8, 4) is 0 Å². The average molecular weight is 317 g/mol. The van der Waals surface area contributed by atoms with Gasteiger partial charge in [-0.25, -0.2) is 4.79 Å². The Hall–Kier alpha value is -2.00. The van der Waals surface area contributed by atoms with E-state index in [-0.39, 0.29) is 6.03 Å². The molecule has 4 heteroatoms. The number of carbonyl (C=O) groups is 1. The lowest BCUT2D eigenvalue weighted by molar-refractivity contribution is 0.252. The standard InChI is InChI=1S/C18H21ClN2O/c1-13(2)14-7-9-16(10-8-14)21-18(22)20-12-11-15-5-3-4-6-17(15)19/h3-10,13H,11-12H2,1-2H3,(H2,20,21,22). The Morgan fingerprint density at radius 1 is 1.09 bits per heavy atom. The quantitative estimate of drug-likeness (QED) is 0.815. The van der Waals surface area contributed by atoms with Crippen LogP contribution in [0.3, 0.4) is 0 Å². The SMILES string of the molecule is CC(C)c1ccc(NC(=O)NCCc2ccccc2Cl)cc1. The number of benzene rings is 2. The molecule has 22 heavy (non-hydrogen) atoms. The Kier molecular flexibility index (Phi) is 5.84. The summed E-state index contributed by atoms with van der Waals surface area (Å²) in [5.41, 5.74) is 3.08. The molecule has 0 unspecified atom stereocenters. The molecule has 2 aromatic carbocycles. The van der Waals surface area contributed by atoms with Crippen LogP contribution in [0.15, 0.2) is 48.5 Å². The van der Waals surface area contributed by atoms with Crippen molar-refractivity contribution < 1.29 is 4.79 Å². The number of halogens is 1. The molecule has 0 aromatic heterocycles. The van der Waals surface area contributed by atoms with Gasteiger partial charge in [-0.15, -0.1) is 0 Å². The van der Waals surface area contributed by atoms with Crippen LogP contribution in [0.4, 0.5) is 10.5 Å². The van der Waals surface area contributed by atoms with Gasteiger partial charge in [-0.1, -0.05) is 55.8 Å². The van der Waals surface area contributed by atoms with Gasteiger partial charge in [-0.2, -0.15) is 0 Å². The zero-order valence-electron chi connectivity index (χ0n) is 12.9. The van der Waals surface area contributed by atoms with Gasteiger partial charge in [0.1, 0.15) is 0 Å². The third-order valence-electron chi connectivity index (χ3n) is 3.47. The van der Waals surface area contributed by atoms with Gasteiger partial charge in [0, 0.05) is 17.3 Å². The van der Waals surface area contributed by atoms with E-state index in [2.05, 4.69) is 24.5 Å². The third kappa shape index (κ3) is 4.78. The number of hydrogen-bond acceptors (Lipinski definition) is 1. The first-order chi connectivity index (χ1) is 10.6. The first-order valence-electron chi connectivity index (χ1n) is 7.44. The molecule has 2 rings (SSSR count). The predicted octanol–water partition coefficient (Wildman–Crippen LogP) is 4.83. The zero-order valence-corrected chi connectivity index (χ0v) is 13.7. The fraction of sp³-hybridized carbons (Fsp3) is 0.278. The summed E-state index contributed by atoms with van der Waals surface area (Å²) >= 11 is 6.08. The van der Waals surface area contributed by atoms with Crippen molar-refractivity contribution in [1.29, 1.82) is 0 Å². The summed E-state index contributed by atoms with van der Waals surface area (Å²) in [7, 11) is 0. The normalized spacial score (nSPS) is 10.5. The molecule has 0 aliphatic carbocycles. The molecule has 0 radical (unpaired) electrons. The van der Waals surface area contributed by atoms with E-state index in [1.165, 1.54) is 5.56 Å². The highest BCUT2D eigenvalue weighted by Crippen LogP contribution is 2.17. The number of anilines is 1. The summed E-state index contributed by atoms with van der Waals surface area (Å²) in [5, 5.41) is 6.39. The molecule has 0 fully saturated rings. The van der Waals surface area contributed by atoms with Crippen LogP contribution in [0.25, 0.3) is 0 Å². The van der Waals surface area contributed by atoms with Crippen LogP contribution in [-0.4, -0.2) is 12.6 Å². The van der Waals surface area contributed by atoms with Crippen LogP contribution in [0.1, 0.15) is 30.9 Å². The van der Waals surface area contributed by atoms with Crippen molar-refractivity contribution >= 4 is 23.3 Å². The molecular weight excluding hydrogens is 296 g/mol. The summed E-state index contributed by atoms with van der Waals surface area (Å²) in [6, 6.07) is 15.4. The second-order valence-electron chi connectivity index (χ2n) is 5.50. The highest BCUT2D eigenvalue weighted by molar-refractivity contribution is 6.31. The van der Waals surface area contributed by atoms with Gasteiger partial charge in [0.05, 0.1) is 0 Å². The van der Waals surface area contributed by atoms with Crippen molar-refractivity contribution in [3.63, 3.8) is 0 Å². The Balaban J connectivity index is 1.79. The molecular formula is C18H21ClN2O. The Morgan fingerprint density at radius 2 is 1.77 bits per heavy atom. The predicted molar refractivity (Wildman–Crippen MR) is 92.7 cm³/mol. The summed E-state index contributed by atoms with van der Waals surface area (Å²) in [6.45, 7) is 4.83. The van der Waals surface area contributed by atoms with E-state index in [0.717, 1.165) is 16.3 Å². The van der Waals surface area contributed by atoms with E-state index in [1.54, 1.807) is 0 Å². The van der Waals surface area contributed by atoms with Gasteiger partial charge < -0.3 is 10.6 Å². The topological polar surface area (TPSA) is 41.1 Å². The lowest BCUT2D eigenvalue weighted by Crippen LogP contribution is -2.30. The minimum atomic E-state index is -0.204. The van der Waals surface area contributed by atoms with Gasteiger partial charge in [0.25, 0.3) is 0 Å². The number of nitrogens with one attached hydrogen (secondary N) is 2. The highest BCUT2D eigenvalue weighted by Gasteiger charge is 2.04. The minimum Gasteiger partial charge on any atom is -0.338 e. The maximum atomic E-state index is 11.9. The van der Waals surface area contributed by atoms with Crippen molar-refractivity contribution in [2.45, 2.75) is 26.2 Å². The maximum Gasteiger partial charge on any atom is 0.319 e. The fourth-order valence-corrected chi connectivity index (χ4v) is 2.37. The van der Waals surface area contributed by atoms with E-state index < -0.39 is 0 Å². The Labute approximate surface area is 136 Å². The molecule has 0 atom stereocenters. The second kappa shape index (κ2) is 7.85. The molecule has 2 aromatic rings. The molecule has 116 valence electrons. The summed E-state index contributed by atoms with van der Waals surface area (Å²) in [5.74, 6) is 0.485. The molecule has 0 saturated heterocycles. The number of hydrogen-bond donors (Lipinski definition) is 2. The summed E-state index contributed by atoms with van der Waals surface area (Å²) < 4.78 is 0. The highest BCUT2D eigenvalue weighted by atomic mass is 35.5. The monoisotopic (exact) mass is 316 g/mol. The fourth-order valence-electron chi connectivity index (χ4n) is 2.14. The minimum absolute atomic E-state index is 0.204. The van der Waals surface area contributed by atoms with Gasteiger partial charge >= 0.3 is 6.03 Å². The molecule has 0 aliphatic rings. The largest absolute Gasteiger partial charge is 0.338 e. The van der Waals surface area contributed by atoms with Gasteiger partial charge in [-0.05, 0) is 41.7 Å². The molecule has 2 amide bonds. The van der Waals surface area contributed by atoms with Crippen LogP contribution >= 0.6 is 11.6 Å². The van der Waals surface area contributed by atoms with E-state index in [1.807, 2.05) is 48.5 Å². The lowest BCUT2D eigenvalue weighted by Gasteiger charge is -2.10. The van der Waals surface area contributed by atoms with Crippen molar-refractivity contribution in [1.82, 2.24) is 5.32 Å². The third-order valence-corrected chi connectivity index (χ3v) is 3.84. The molecule has 0 bridgehead atoms. The molecule has 2 N–H and O–H groups in total. The number of urea groups is 1. The molecule has 3 nitrogen and oxygen atoms in total. The van der Waals surface area contributed by atoms with E-state index in [9.17, 15) is 4.79 Å². The molecule has 0 heterocycles. The second-order valence-corrected chi connectivity index (χ2v) is 5.91. The van der Waals surface area contributed by atoms with Crippen molar-refractivity contribution in [2.24, 2.45) is 0 Å². The van der Waals surface area contributed by atoms with Crippen LogP contribution in [0, 0.1) is 0 Å². The maximum absolute atomic E-state index is 11.9. The van der Waals surface area contributed by atoms with Crippen molar-refractivity contribution in [2.75, 3.05) is 11.9 Å². The first kappa shape index (κ1) is 16.4. The van der Waals surface area contributed by atoms with Crippen LogP contribution in [-0.2, 0) is 6.42 Å². The molecule has 0 spiro atoms. The summed E-state index contributed by atoms with van der Waals surface area (Å²) in [4.78, 5) is 11.9. The Bertz CT molecular complexity index is 623. The van der Waals surface area contributed by atoms with Crippen LogP contribution < -0.4 is 10.6 Å². The van der Waals surface area contributed by atoms with Crippen LogP contribution in [0.5, 0.6) is 0 Å². The molecule has 0 saturated carbocycles.